The van der Waals surface area contributed by atoms with Gasteiger partial charge in [-0.05, 0) is 6.92 Å². The predicted octanol–water partition coefficient (Wildman–Crippen LogP) is 0.758. The molecule has 0 unspecified atom stereocenters. The zero-order valence-electron chi connectivity index (χ0n) is 8.97. The van der Waals surface area contributed by atoms with Crippen LogP contribution in [0, 0.1) is 0 Å². The molecule has 6 nitrogen and oxygen atoms in total. The van der Waals surface area contributed by atoms with E-state index < -0.39 is 0 Å². The summed E-state index contributed by atoms with van der Waals surface area (Å²) in [7, 11) is 0. The maximum absolute atomic E-state index is 11.3. The van der Waals surface area contributed by atoms with Crippen LogP contribution in [-0.2, 0) is 14.3 Å². The van der Waals surface area contributed by atoms with Crippen LogP contribution in [0.15, 0.2) is 18.7 Å². The smallest absolute Gasteiger partial charge is 0.306 e. The number of rotatable bonds is 5. The molecule has 0 radical (unpaired) electrons. The van der Waals surface area contributed by atoms with Crippen molar-refractivity contribution < 1.29 is 14.3 Å². The van der Waals surface area contributed by atoms with Crippen molar-refractivity contribution in [1.29, 1.82) is 0 Å². The number of carbonyl (C=O) groups is 2. The van der Waals surface area contributed by atoms with Gasteiger partial charge in [0.1, 0.15) is 6.33 Å². The van der Waals surface area contributed by atoms with E-state index in [2.05, 4.69) is 15.3 Å². The van der Waals surface area contributed by atoms with Gasteiger partial charge < -0.3 is 10.1 Å². The average molecular weight is 223 g/mol. The Morgan fingerprint density at radius 3 is 2.62 bits per heavy atom. The number of anilines is 1. The molecule has 0 atom stereocenters. The fraction of sp³-hybridized carbons (Fsp3) is 0.400. The minimum absolute atomic E-state index is 0.0768. The first-order chi connectivity index (χ1) is 7.72. The lowest BCUT2D eigenvalue weighted by Gasteiger charge is -2.03. The fourth-order valence-corrected chi connectivity index (χ4v) is 1.04. The summed E-state index contributed by atoms with van der Waals surface area (Å²) in [6.45, 7) is 2.05. The normalized spacial score (nSPS) is 9.56. The Hall–Kier alpha value is -1.98. The van der Waals surface area contributed by atoms with Crippen LogP contribution in [0.5, 0.6) is 0 Å². The van der Waals surface area contributed by atoms with Crippen molar-refractivity contribution >= 4 is 17.6 Å². The molecule has 6 heteroatoms. The number of carbonyl (C=O) groups excluding carboxylic acids is 2. The standard InChI is InChI=1S/C10H13N3O3/c1-2-16-10(15)4-3-9(14)13-8-5-11-7-12-6-8/h5-7H,2-4H2,1H3,(H,13,14). The van der Waals surface area contributed by atoms with Gasteiger partial charge in [0, 0.05) is 6.42 Å². The highest BCUT2D eigenvalue weighted by Gasteiger charge is 2.07. The van der Waals surface area contributed by atoms with Gasteiger partial charge in [0.15, 0.2) is 0 Å². The quantitative estimate of drug-likeness (QED) is 0.745. The highest BCUT2D eigenvalue weighted by atomic mass is 16.5. The molecule has 0 aliphatic carbocycles. The van der Waals surface area contributed by atoms with Gasteiger partial charge in [0.2, 0.25) is 5.91 Å². The third kappa shape index (κ3) is 4.50. The van der Waals surface area contributed by atoms with Crippen LogP contribution in [0.25, 0.3) is 0 Å². The summed E-state index contributed by atoms with van der Waals surface area (Å²) in [6.07, 6.45) is 4.50. The number of esters is 1. The Morgan fingerprint density at radius 1 is 1.31 bits per heavy atom. The Kier molecular flexibility index (Phi) is 4.91. The van der Waals surface area contributed by atoms with Crippen molar-refractivity contribution in [3.8, 4) is 0 Å². The van der Waals surface area contributed by atoms with E-state index in [4.69, 9.17) is 4.74 Å². The molecule has 0 aromatic carbocycles. The number of aromatic nitrogens is 2. The average Bonchev–Trinajstić information content (AvgIpc) is 2.28. The third-order valence-electron chi connectivity index (χ3n) is 1.71. The highest BCUT2D eigenvalue weighted by molar-refractivity contribution is 5.92. The zero-order valence-corrected chi connectivity index (χ0v) is 8.97. The monoisotopic (exact) mass is 223 g/mol. The lowest BCUT2D eigenvalue weighted by Crippen LogP contribution is -2.14. The van der Waals surface area contributed by atoms with Gasteiger partial charge in [-0.3, -0.25) is 9.59 Å². The van der Waals surface area contributed by atoms with E-state index in [-0.39, 0.29) is 24.7 Å². The molecule has 0 bridgehead atoms. The molecule has 1 rings (SSSR count). The molecule has 0 aliphatic rings. The summed E-state index contributed by atoms with van der Waals surface area (Å²) in [5.74, 6) is -0.634. The summed E-state index contributed by atoms with van der Waals surface area (Å²) >= 11 is 0. The molecule has 0 aliphatic heterocycles. The molecule has 16 heavy (non-hydrogen) atoms. The van der Waals surface area contributed by atoms with Crippen molar-refractivity contribution in [3.05, 3.63) is 18.7 Å². The first kappa shape index (κ1) is 12.1. The Bertz CT molecular complexity index is 354. The van der Waals surface area contributed by atoms with Crippen LogP contribution >= 0.6 is 0 Å². The van der Waals surface area contributed by atoms with Crippen molar-refractivity contribution in [2.75, 3.05) is 11.9 Å². The number of ether oxygens (including phenoxy) is 1. The van der Waals surface area contributed by atoms with Gasteiger partial charge in [-0.1, -0.05) is 0 Å². The Morgan fingerprint density at radius 2 is 2.00 bits per heavy atom. The molecular formula is C10H13N3O3. The van der Waals surface area contributed by atoms with Gasteiger partial charge in [0.05, 0.1) is 31.1 Å². The molecule has 0 spiro atoms. The zero-order chi connectivity index (χ0) is 11.8. The molecular weight excluding hydrogens is 210 g/mol. The molecule has 1 aromatic heterocycles. The summed E-state index contributed by atoms with van der Waals surface area (Å²) in [5.41, 5.74) is 0.511. The van der Waals surface area contributed by atoms with E-state index in [0.29, 0.717) is 12.3 Å². The topological polar surface area (TPSA) is 81.2 Å². The first-order valence-corrected chi connectivity index (χ1v) is 4.93. The summed E-state index contributed by atoms with van der Waals surface area (Å²) in [4.78, 5) is 29.8. The van der Waals surface area contributed by atoms with Crippen LogP contribution < -0.4 is 5.32 Å². The van der Waals surface area contributed by atoms with Gasteiger partial charge >= 0.3 is 5.97 Å². The molecule has 1 aromatic rings. The van der Waals surface area contributed by atoms with Crippen molar-refractivity contribution in [3.63, 3.8) is 0 Å². The summed E-state index contributed by atoms with van der Waals surface area (Å²) in [6, 6.07) is 0. The van der Waals surface area contributed by atoms with E-state index in [9.17, 15) is 9.59 Å². The van der Waals surface area contributed by atoms with Gasteiger partial charge in [0.25, 0.3) is 0 Å². The van der Waals surface area contributed by atoms with Gasteiger partial charge in [-0.2, -0.15) is 0 Å². The summed E-state index contributed by atoms with van der Waals surface area (Å²) < 4.78 is 4.70. The van der Waals surface area contributed by atoms with E-state index in [1.807, 2.05) is 0 Å². The van der Waals surface area contributed by atoms with Crippen LogP contribution in [0.4, 0.5) is 5.69 Å². The van der Waals surface area contributed by atoms with Crippen LogP contribution in [0.3, 0.4) is 0 Å². The third-order valence-corrected chi connectivity index (χ3v) is 1.71. The summed E-state index contributed by atoms with van der Waals surface area (Å²) in [5, 5.41) is 2.57. The second-order valence-electron chi connectivity index (χ2n) is 2.98. The number of amides is 1. The van der Waals surface area contributed by atoms with E-state index in [0.717, 1.165) is 0 Å². The SMILES string of the molecule is CCOC(=O)CCC(=O)Nc1cncnc1. The molecule has 0 saturated heterocycles. The molecule has 1 amide bonds. The minimum Gasteiger partial charge on any atom is -0.466 e. The second kappa shape index (κ2) is 6.49. The predicted molar refractivity (Wildman–Crippen MR) is 56.5 cm³/mol. The largest absolute Gasteiger partial charge is 0.466 e. The first-order valence-electron chi connectivity index (χ1n) is 4.93. The number of hydrogen-bond acceptors (Lipinski definition) is 5. The van der Waals surface area contributed by atoms with Gasteiger partial charge in [-0.15, -0.1) is 0 Å². The Balaban J connectivity index is 2.29. The molecule has 1 heterocycles. The van der Waals surface area contributed by atoms with Crippen molar-refractivity contribution in [1.82, 2.24) is 9.97 Å². The lowest BCUT2D eigenvalue weighted by atomic mass is 10.3. The maximum atomic E-state index is 11.3. The fourth-order valence-electron chi connectivity index (χ4n) is 1.04. The van der Waals surface area contributed by atoms with Crippen molar-refractivity contribution in [2.24, 2.45) is 0 Å². The molecule has 0 fully saturated rings. The van der Waals surface area contributed by atoms with Gasteiger partial charge in [-0.25, -0.2) is 9.97 Å². The van der Waals surface area contributed by atoms with Crippen LogP contribution in [0.2, 0.25) is 0 Å². The van der Waals surface area contributed by atoms with Crippen LogP contribution in [0.1, 0.15) is 19.8 Å². The van der Waals surface area contributed by atoms with E-state index >= 15 is 0 Å². The molecule has 86 valence electrons. The lowest BCUT2D eigenvalue weighted by molar-refractivity contribution is -0.144. The number of nitrogens with one attached hydrogen (secondary N) is 1. The molecule has 0 saturated carbocycles. The van der Waals surface area contributed by atoms with Crippen LogP contribution in [-0.4, -0.2) is 28.5 Å². The molecule has 1 N–H and O–H groups in total. The van der Waals surface area contributed by atoms with E-state index in [1.54, 1.807) is 6.92 Å². The minimum atomic E-state index is -0.373. The second-order valence-corrected chi connectivity index (χ2v) is 2.98. The number of nitrogens with zero attached hydrogens (tertiary/aromatic N) is 2. The van der Waals surface area contributed by atoms with Crippen molar-refractivity contribution in [2.45, 2.75) is 19.8 Å². The number of hydrogen-bond donors (Lipinski definition) is 1. The van der Waals surface area contributed by atoms with E-state index in [1.165, 1.54) is 18.7 Å². The highest BCUT2D eigenvalue weighted by Crippen LogP contribution is 2.02. The maximum Gasteiger partial charge on any atom is 0.306 e. The Labute approximate surface area is 93.0 Å².